The predicted molar refractivity (Wildman–Crippen MR) is 212 cm³/mol. The topological polar surface area (TPSA) is 195 Å². The third-order valence-corrected chi connectivity index (χ3v) is 12.5. The van der Waals surface area contributed by atoms with Crippen LogP contribution in [0, 0.1) is 11.3 Å². The van der Waals surface area contributed by atoms with E-state index in [1.807, 2.05) is 30.3 Å². The molecule has 0 unspecified atom stereocenters. The summed E-state index contributed by atoms with van der Waals surface area (Å²) in [5.74, 6) is -1.93. The van der Waals surface area contributed by atoms with Crippen molar-refractivity contribution in [2.75, 3.05) is 13.7 Å². The minimum absolute atomic E-state index is 0.0327. The second-order valence-electron chi connectivity index (χ2n) is 17.2. The number of rotatable bonds is 11. The predicted octanol–water partition coefficient (Wildman–Crippen LogP) is 5.10. The summed E-state index contributed by atoms with van der Waals surface area (Å²) < 4.78 is 51.6. The maximum Gasteiger partial charge on any atom is 0.408 e. The summed E-state index contributed by atoms with van der Waals surface area (Å²) in [6.07, 6.45) is 0.854. The van der Waals surface area contributed by atoms with E-state index in [0.29, 0.717) is 46.0 Å². The Morgan fingerprint density at radius 2 is 1.75 bits per heavy atom. The molecule has 304 valence electrons. The number of ether oxygens (including phenoxy) is 3. The summed E-state index contributed by atoms with van der Waals surface area (Å²) in [5, 5.41) is 6.91. The summed E-state index contributed by atoms with van der Waals surface area (Å²) in [6.45, 7) is 14.1. The lowest BCUT2D eigenvalue weighted by Gasteiger charge is -2.36. The molecule has 7 rings (SSSR count). The van der Waals surface area contributed by atoms with Crippen molar-refractivity contribution in [3.8, 4) is 11.6 Å². The molecule has 3 heterocycles. The normalized spacial score (nSPS) is 22.9. The van der Waals surface area contributed by atoms with Gasteiger partial charge < -0.3 is 34.2 Å². The van der Waals surface area contributed by atoms with Crippen LogP contribution in [0.25, 0.3) is 32.8 Å². The zero-order valence-corrected chi connectivity index (χ0v) is 33.9. The Morgan fingerprint density at radius 1 is 1.04 bits per heavy atom. The Hall–Kier alpha value is -5.38. The van der Waals surface area contributed by atoms with Gasteiger partial charge in [-0.25, -0.2) is 18.2 Å². The number of aromatic nitrogens is 1. The Bertz CT molecular complexity index is 2410. The minimum atomic E-state index is -3.93. The van der Waals surface area contributed by atoms with E-state index in [4.69, 9.17) is 23.6 Å². The van der Waals surface area contributed by atoms with Gasteiger partial charge in [-0.3, -0.25) is 19.1 Å². The van der Waals surface area contributed by atoms with E-state index in [-0.39, 0.29) is 25.3 Å². The van der Waals surface area contributed by atoms with E-state index in [2.05, 4.69) is 21.9 Å². The fraction of sp³-hybridized carbons (Fsp3) is 0.488. The number of para-hydroxylation sites is 1. The number of hydrogen-bond acceptors (Lipinski definition) is 11. The molecule has 3 aliphatic rings. The first kappa shape index (κ1) is 39.8. The van der Waals surface area contributed by atoms with Crippen LogP contribution in [0.1, 0.15) is 67.2 Å². The fourth-order valence-corrected chi connectivity index (χ4v) is 8.76. The number of carbonyl (C=O) groups is 4. The van der Waals surface area contributed by atoms with Crippen LogP contribution in [0.2, 0.25) is 0 Å². The van der Waals surface area contributed by atoms with Gasteiger partial charge in [0, 0.05) is 23.1 Å². The van der Waals surface area contributed by atoms with Crippen molar-refractivity contribution in [3.05, 3.63) is 55.1 Å². The number of methoxy groups -OCH3 is 1. The van der Waals surface area contributed by atoms with Crippen LogP contribution in [0.3, 0.4) is 0 Å². The molecule has 0 spiro atoms. The average molecular weight is 804 g/mol. The second-order valence-corrected chi connectivity index (χ2v) is 19.2. The molecule has 16 heteroatoms. The number of pyridine rings is 1. The standard InChI is InChI=1S/C41H49N5O10S/c1-9-22-20-41(22,37(49)45-57(51,52)25-15-16-25)44-34(47)29-19-24(21-46(29)36(48)33(39(2,3)4)43-38(50)56-40(5,6)7)54-35-28-18-23(53-8)14-17-26(28)32-31(42-35)27-12-10-11-13-30(27)55-32/h9-14,17-18,22,24-25,29,33H,1,15-16,19-21H2,2-8H3,(H,43,50)(H,44,47)(H,45,49)/t22-,24-,29+,33-,41-/m1/s1. The number of hydrogen-bond donors (Lipinski definition) is 3. The van der Waals surface area contributed by atoms with E-state index in [0.717, 1.165) is 5.39 Å². The fourth-order valence-electron chi connectivity index (χ4n) is 7.39. The van der Waals surface area contributed by atoms with Crippen molar-refractivity contribution in [2.24, 2.45) is 11.3 Å². The highest BCUT2D eigenvalue weighted by Crippen LogP contribution is 2.46. The molecule has 0 bridgehead atoms. The first-order valence-electron chi connectivity index (χ1n) is 19.0. The van der Waals surface area contributed by atoms with Crippen molar-refractivity contribution >= 4 is 66.7 Å². The lowest BCUT2D eigenvalue weighted by Crippen LogP contribution is -2.60. The highest BCUT2D eigenvalue weighted by Gasteiger charge is 2.62. The first-order chi connectivity index (χ1) is 26.7. The number of sulfonamides is 1. The van der Waals surface area contributed by atoms with E-state index in [9.17, 15) is 27.6 Å². The number of furan rings is 1. The van der Waals surface area contributed by atoms with Crippen molar-refractivity contribution in [1.82, 2.24) is 25.2 Å². The largest absolute Gasteiger partial charge is 0.497 e. The highest BCUT2D eigenvalue weighted by atomic mass is 32.2. The van der Waals surface area contributed by atoms with Crippen LogP contribution in [0.5, 0.6) is 11.6 Å². The third kappa shape index (κ3) is 7.83. The van der Waals surface area contributed by atoms with Gasteiger partial charge in [-0.2, -0.15) is 0 Å². The van der Waals surface area contributed by atoms with Gasteiger partial charge in [0.1, 0.15) is 46.2 Å². The lowest BCUT2D eigenvalue weighted by molar-refractivity contribution is -0.143. The van der Waals surface area contributed by atoms with E-state index < -0.39 is 79.7 Å². The smallest absolute Gasteiger partial charge is 0.408 e. The van der Waals surface area contributed by atoms with Crippen LogP contribution in [0.15, 0.2) is 59.5 Å². The number of carbonyl (C=O) groups excluding carboxylic acids is 4. The molecule has 3 N–H and O–H groups in total. The van der Waals surface area contributed by atoms with Gasteiger partial charge in [0.25, 0.3) is 5.91 Å². The maximum atomic E-state index is 14.7. The number of alkyl carbamates (subject to hydrolysis) is 1. The van der Waals surface area contributed by atoms with E-state index >= 15 is 0 Å². The molecule has 5 atom stereocenters. The van der Waals surface area contributed by atoms with Crippen LogP contribution in [-0.4, -0.2) is 90.3 Å². The number of nitrogens with one attached hydrogen (secondary N) is 3. The number of amides is 4. The van der Waals surface area contributed by atoms with E-state index in [1.165, 1.54) is 11.0 Å². The Kier molecular flexibility index (Phi) is 9.94. The van der Waals surface area contributed by atoms with Gasteiger partial charge in [0.05, 0.1) is 24.3 Å². The summed E-state index contributed by atoms with van der Waals surface area (Å²) in [7, 11) is -2.39. The Balaban J connectivity index is 1.25. The molecule has 4 amide bonds. The summed E-state index contributed by atoms with van der Waals surface area (Å²) in [5.41, 5.74) is -1.54. The van der Waals surface area contributed by atoms with Crippen molar-refractivity contribution in [3.63, 3.8) is 0 Å². The van der Waals surface area contributed by atoms with Gasteiger partial charge in [-0.05, 0) is 75.8 Å². The number of benzene rings is 2. The Labute approximate surface area is 330 Å². The molecule has 15 nitrogen and oxygen atoms in total. The first-order valence-corrected chi connectivity index (χ1v) is 20.6. The quantitative estimate of drug-likeness (QED) is 0.171. The van der Waals surface area contributed by atoms with Crippen LogP contribution >= 0.6 is 0 Å². The van der Waals surface area contributed by atoms with Gasteiger partial charge in [0.15, 0.2) is 5.58 Å². The zero-order valence-electron chi connectivity index (χ0n) is 33.1. The Morgan fingerprint density at radius 3 is 2.39 bits per heavy atom. The van der Waals surface area contributed by atoms with Crippen molar-refractivity contribution in [2.45, 2.75) is 102 Å². The van der Waals surface area contributed by atoms with Gasteiger partial charge in [-0.1, -0.05) is 39.0 Å². The van der Waals surface area contributed by atoms with Gasteiger partial charge in [-0.15, -0.1) is 6.58 Å². The van der Waals surface area contributed by atoms with Crippen LogP contribution < -0.4 is 24.8 Å². The molecule has 57 heavy (non-hydrogen) atoms. The summed E-state index contributed by atoms with van der Waals surface area (Å²) in [6, 6.07) is 10.5. The lowest BCUT2D eigenvalue weighted by atomic mass is 9.85. The summed E-state index contributed by atoms with van der Waals surface area (Å²) >= 11 is 0. The zero-order chi connectivity index (χ0) is 41.2. The van der Waals surface area contributed by atoms with Crippen molar-refractivity contribution < 1.29 is 46.2 Å². The molecule has 2 aromatic carbocycles. The molecule has 3 fully saturated rings. The number of fused-ring (bicyclic) bond motifs is 5. The van der Waals surface area contributed by atoms with Gasteiger partial charge in [0.2, 0.25) is 27.7 Å². The van der Waals surface area contributed by atoms with E-state index in [1.54, 1.807) is 60.8 Å². The minimum Gasteiger partial charge on any atom is -0.497 e. The van der Waals surface area contributed by atoms with Crippen LogP contribution in [0.4, 0.5) is 4.79 Å². The molecule has 1 aliphatic heterocycles. The molecule has 2 aromatic heterocycles. The maximum absolute atomic E-state index is 14.7. The average Bonchev–Trinajstić information content (AvgIpc) is 4.04. The number of likely N-dealkylation sites (tertiary alicyclic amines) is 1. The van der Waals surface area contributed by atoms with Crippen molar-refractivity contribution in [1.29, 1.82) is 0 Å². The molecular weight excluding hydrogens is 755 g/mol. The third-order valence-electron chi connectivity index (χ3n) is 10.6. The number of nitrogens with zero attached hydrogens (tertiary/aromatic N) is 2. The monoisotopic (exact) mass is 803 g/mol. The van der Waals surface area contributed by atoms with Crippen LogP contribution in [-0.2, 0) is 29.1 Å². The molecule has 4 aromatic rings. The van der Waals surface area contributed by atoms with Gasteiger partial charge >= 0.3 is 6.09 Å². The highest BCUT2D eigenvalue weighted by molar-refractivity contribution is 7.91. The molecule has 2 aliphatic carbocycles. The SMILES string of the molecule is C=C[C@@H]1C[C@]1(NC(=O)[C@@H]1C[C@@H](Oc2nc3c4ccccc4oc3c3ccc(OC)cc23)CN1C(=O)[C@@H](NC(=O)OC(C)(C)C)C(C)(C)C)C(=O)NS(=O)(=O)C1CC1. The summed E-state index contributed by atoms with van der Waals surface area (Å²) in [4.78, 5) is 62.1. The molecule has 2 saturated carbocycles. The molecule has 1 saturated heterocycles. The second kappa shape index (κ2) is 14.2. The molecular formula is C41H49N5O10S. The molecule has 0 radical (unpaired) electrons.